The molecule has 1 aliphatic rings. The van der Waals surface area contributed by atoms with Crippen molar-refractivity contribution in [1.82, 2.24) is 4.90 Å². The summed E-state index contributed by atoms with van der Waals surface area (Å²) in [5.74, 6) is 0.169. The van der Waals surface area contributed by atoms with Crippen LogP contribution < -0.4 is 5.73 Å². The van der Waals surface area contributed by atoms with Crippen LogP contribution in [0.1, 0.15) is 40.0 Å². The molecule has 1 rings (SSSR count). The van der Waals surface area contributed by atoms with Gasteiger partial charge in [0.25, 0.3) is 0 Å². The van der Waals surface area contributed by atoms with Crippen LogP contribution in [0.5, 0.6) is 0 Å². The van der Waals surface area contributed by atoms with Crippen molar-refractivity contribution < 1.29 is 9.53 Å². The number of carbonyl (C=O) groups is 1. The lowest BCUT2D eigenvalue weighted by Gasteiger charge is -2.33. The highest BCUT2D eigenvalue weighted by atomic mass is 16.5. The van der Waals surface area contributed by atoms with E-state index in [1.54, 1.807) is 0 Å². The zero-order valence-electron chi connectivity index (χ0n) is 10.7. The van der Waals surface area contributed by atoms with Crippen LogP contribution in [0.3, 0.4) is 0 Å². The average Bonchev–Trinajstić information content (AvgIpc) is 2.16. The van der Waals surface area contributed by atoms with Crippen molar-refractivity contribution in [2.75, 3.05) is 19.7 Å². The summed E-state index contributed by atoms with van der Waals surface area (Å²) in [5, 5.41) is 0. The maximum Gasteiger partial charge on any atom is 0.224 e. The standard InChI is InChI=1S/C12H24N2O2/c1-4-16-10-5-7-14(8-6-10)11(15)9-12(2,3)13/h10H,4-9,13H2,1-3H3. The summed E-state index contributed by atoms with van der Waals surface area (Å²) in [6.07, 6.45) is 2.65. The molecule has 0 aromatic heterocycles. The number of amides is 1. The first-order valence-electron chi connectivity index (χ1n) is 6.10. The van der Waals surface area contributed by atoms with Gasteiger partial charge in [-0.3, -0.25) is 4.79 Å². The van der Waals surface area contributed by atoms with Gasteiger partial charge in [0, 0.05) is 31.7 Å². The zero-order chi connectivity index (χ0) is 12.2. The molecule has 0 aliphatic carbocycles. The molecule has 94 valence electrons. The summed E-state index contributed by atoms with van der Waals surface area (Å²) in [4.78, 5) is 13.8. The Hall–Kier alpha value is -0.610. The summed E-state index contributed by atoms with van der Waals surface area (Å²) in [5.41, 5.74) is 5.44. The van der Waals surface area contributed by atoms with Crippen molar-refractivity contribution >= 4 is 5.91 Å². The predicted molar refractivity (Wildman–Crippen MR) is 64.1 cm³/mol. The smallest absolute Gasteiger partial charge is 0.224 e. The molecular formula is C12H24N2O2. The Bertz CT molecular complexity index is 228. The molecule has 0 atom stereocenters. The fourth-order valence-corrected chi connectivity index (χ4v) is 2.01. The van der Waals surface area contributed by atoms with Gasteiger partial charge >= 0.3 is 0 Å². The lowest BCUT2D eigenvalue weighted by atomic mass is 10.00. The molecular weight excluding hydrogens is 204 g/mol. The van der Waals surface area contributed by atoms with E-state index < -0.39 is 5.54 Å². The van der Waals surface area contributed by atoms with Crippen LogP contribution in [0.4, 0.5) is 0 Å². The number of hydrogen-bond donors (Lipinski definition) is 1. The molecule has 1 heterocycles. The molecule has 1 aliphatic heterocycles. The van der Waals surface area contributed by atoms with Crippen molar-refractivity contribution in [2.24, 2.45) is 5.73 Å². The topological polar surface area (TPSA) is 55.6 Å². The number of carbonyl (C=O) groups excluding carboxylic acids is 1. The highest BCUT2D eigenvalue weighted by Gasteiger charge is 2.25. The predicted octanol–water partition coefficient (Wildman–Crippen LogP) is 1.14. The van der Waals surface area contributed by atoms with E-state index in [4.69, 9.17) is 10.5 Å². The van der Waals surface area contributed by atoms with Crippen LogP contribution in [0.25, 0.3) is 0 Å². The number of ether oxygens (including phenoxy) is 1. The summed E-state index contributed by atoms with van der Waals surface area (Å²) < 4.78 is 5.55. The van der Waals surface area contributed by atoms with Gasteiger partial charge in [-0.05, 0) is 33.6 Å². The fourth-order valence-electron chi connectivity index (χ4n) is 2.01. The third-order valence-corrected chi connectivity index (χ3v) is 2.80. The number of nitrogens with zero attached hydrogens (tertiary/aromatic N) is 1. The molecule has 1 saturated heterocycles. The fraction of sp³-hybridized carbons (Fsp3) is 0.917. The molecule has 0 aromatic rings. The van der Waals surface area contributed by atoms with E-state index >= 15 is 0 Å². The van der Waals surface area contributed by atoms with Crippen LogP contribution in [-0.4, -0.2) is 42.1 Å². The van der Waals surface area contributed by atoms with E-state index in [1.165, 1.54) is 0 Å². The van der Waals surface area contributed by atoms with Crippen LogP contribution in [0, 0.1) is 0 Å². The molecule has 0 unspecified atom stereocenters. The Balaban J connectivity index is 2.33. The average molecular weight is 228 g/mol. The van der Waals surface area contributed by atoms with Gasteiger partial charge in [-0.2, -0.15) is 0 Å². The van der Waals surface area contributed by atoms with Gasteiger partial charge in [0.15, 0.2) is 0 Å². The Morgan fingerprint density at radius 2 is 2.00 bits per heavy atom. The first kappa shape index (κ1) is 13.5. The third kappa shape index (κ3) is 4.49. The van der Waals surface area contributed by atoms with Gasteiger partial charge < -0.3 is 15.4 Å². The molecule has 1 amide bonds. The molecule has 1 fully saturated rings. The van der Waals surface area contributed by atoms with E-state index in [2.05, 4.69) is 0 Å². The van der Waals surface area contributed by atoms with E-state index in [-0.39, 0.29) is 5.91 Å². The van der Waals surface area contributed by atoms with Crippen LogP contribution in [-0.2, 0) is 9.53 Å². The summed E-state index contributed by atoms with van der Waals surface area (Å²) >= 11 is 0. The van der Waals surface area contributed by atoms with Gasteiger partial charge in [-0.25, -0.2) is 0 Å². The van der Waals surface area contributed by atoms with E-state index in [0.717, 1.165) is 32.5 Å². The maximum atomic E-state index is 11.9. The van der Waals surface area contributed by atoms with Gasteiger partial charge in [-0.1, -0.05) is 0 Å². The molecule has 0 spiro atoms. The monoisotopic (exact) mass is 228 g/mol. The second-order valence-corrected chi connectivity index (χ2v) is 5.20. The van der Waals surface area contributed by atoms with E-state index in [1.807, 2.05) is 25.7 Å². The first-order chi connectivity index (χ1) is 7.42. The minimum atomic E-state index is -0.409. The molecule has 0 aromatic carbocycles. The molecule has 4 nitrogen and oxygen atoms in total. The maximum absolute atomic E-state index is 11.9. The molecule has 2 N–H and O–H groups in total. The molecule has 4 heteroatoms. The highest BCUT2D eigenvalue weighted by molar-refractivity contribution is 5.77. The second kappa shape index (κ2) is 5.64. The van der Waals surface area contributed by atoms with Gasteiger partial charge in [-0.15, -0.1) is 0 Å². The van der Waals surface area contributed by atoms with Crippen molar-refractivity contribution in [3.8, 4) is 0 Å². The molecule has 0 radical (unpaired) electrons. The number of likely N-dealkylation sites (tertiary alicyclic amines) is 1. The summed E-state index contributed by atoms with van der Waals surface area (Å²) in [6.45, 7) is 8.15. The Morgan fingerprint density at radius 1 is 1.44 bits per heavy atom. The van der Waals surface area contributed by atoms with Crippen molar-refractivity contribution in [2.45, 2.75) is 51.7 Å². The SMILES string of the molecule is CCOC1CCN(C(=O)CC(C)(C)N)CC1. The normalized spacial score (nSPS) is 18.9. The third-order valence-electron chi connectivity index (χ3n) is 2.80. The van der Waals surface area contributed by atoms with E-state index in [9.17, 15) is 4.79 Å². The van der Waals surface area contributed by atoms with Crippen LogP contribution in [0.15, 0.2) is 0 Å². The Labute approximate surface area is 98.1 Å². The summed E-state index contributed by atoms with van der Waals surface area (Å²) in [6, 6.07) is 0. The molecule has 16 heavy (non-hydrogen) atoms. The van der Waals surface area contributed by atoms with Crippen molar-refractivity contribution in [3.63, 3.8) is 0 Å². The summed E-state index contributed by atoms with van der Waals surface area (Å²) in [7, 11) is 0. The second-order valence-electron chi connectivity index (χ2n) is 5.20. The minimum absolute atomic E-state index is 0.169. The lowest BCUT2D eigenvalue weighted by molar-refractivity contribution is -0.134. The van der Waals surface area contributed by atoms with Crippen molar-refractivity contribution in [1.29, 1.82) is 0 Å². The Morgan fingerprint density at radius 3 is 2.44 bits per heavy atom. The van der Waals surface area contributed by atoms with Crippen LogP contribution >= 0.6 is 0 Å². The Kier molecular flexibility index (Phi) is 4.74. The largest absolute Gasteiger partial charge is 0.378 e. The number of rotatable bonds is 4. The number of nitrogens with two attached hydrogens (primary N) is 1. The quantitative estimate of drug-likeness (QED) is 0.785. The lowest BCUT2D eigenvalue weighted by Crippen LogP contribution is -2.45. The zero-order valence-corrected chi connectivity index (χ0v) is 10.7. The van der Waals surface area contributed by atoms with Crippen LogP contribution in [0.2, 0.25) is 0 Å². The van der Waals surface area contributed by atoms with Gasteiger partial charge in [0.2, 0.25) is 5.91 Å². The van der Waals surface area contributed by atoms with Gasteiger partial charge in [0.1, 0.15) is 0 Å². The van der Waals surface area contributed by atoms with E-state index in [0.29, 0.717) is 12.5 Å². The van der Waals surface area contributed by atoms with Crippen molar-refractivity contribution in [3.05, 3.63) is 0 Å². The number of hydrogen-bond acceptors (Lipinski definition) is 3. The van der Waals surface area contributed by atoms with Gasteiger partial charge in [0.05, 0.1) is 6.10 Å². The first-order valence-corrected chi connectivity index (χ1v) is 6.10. The molecule has 0 saturated carbocycles. The highest BCUT2D eigenvalue weighted by Crippen LogP contribution is 2.16. The minimum Gasteiger partial charge on any atom is -0.378 e. The molecule has 0 bridgehead atoms. The number of piperidine rings is 1.